The van der Waals surface area contributed by atoms with Crippen molar-refractivity contribution in [3.05, 3.63) is 132 Å². The largest absolute Gasteiger partial charge is 0.457 e. The van der Waals surface area contributed by atoms with Crippen molar-refractivity contribution < 1.29 is 9.47 Å². The Balaban J connectivity index is 1.74. The summed E-state index contributed by atoms with van der Waals surface area (Å²) in [5, 5.41) is 0. The third-order valence-corrected chi connectivity index (χ3v) is 5.76. The summed E-state index contributed by atoms with van der Waals surface area (Å²) < 4.78 is 13.0. The molecule has 5 aromatic carbocycles. The maximum absolute atomic E-state index is 6.60. The van der Waals surface area contributed by atoms with Crippen molar-refractivity contribution in [3.8, 4) is 45.3 Å². The van der Waals surface area contributed by atoms with Gasteiger partial charge < -0.3 is 9.47 Å². The summed E-state index contributed by atoms with van der Waals surface area (Å²) in [4.78, 5) is 0. The Morgan fingerprint density at radius 1 is 0.441 bits per heavy atom. The number of hydrogen-bond donors (Lipinski definition) is 0. The van der Waals surface area contributed by atoms with Gasteiger partial charge in [0.15, 0.2) is 0 Å². The molecule has 0 atom stereocenters. The van der Waals surface area contributed by atoms with Crippen molar-refractivity contribution >= 4 is 0 Å². The first-order valence-electron chi connectivity index (χ1n) is 11.4. The van der Waals surface area contributed by atoms with E-state index in [1.807, 2.05) is 66.7 Å². The molecule has 0 radical (unpaired) electrons. The van der Waals surface area contributed by atoms with Gasteiger partial charge in [0.05, 0.1) is 5.56 Å². The molecule has 0 saturated heterocycles. The van der Waals surface area contributed by atoms with Crippen LogP contribution in [-0.4, -0.2) is 0 Å². The van der Waals surface area contributed by atoms with Crippen molar-refractivity contribution in [2.75, 3.05) is 0 Å². The van der Waals surface area contributed by atoms with Gasteiger partial charge in [0.1, 0.15) is 23.0 Å². The summed E-state index contributed by atoms with van der Waals surface area (Å²) >= 11 is 0. The van der Waals surface area contributed by atoms with Gasteiger partial charge in [-0.2, -0.15) is 0 Å². The van der Waals surface area contributed by atoms with Crippen LogP contribution in [0.25, 0.3) is 22.3 Å². The molecule has 0 heterocycles. The maximum Gasteiger partial charge on any atom is 0.146 e. The molecule has 0 aliphatic heterocycles. The zero-order valence-electron chi connectivity index (χ0n) is 19.4. The smallest absolute Gasteiger partial charge is 0.146 e. The number of aryl methyl sites for hydroxylation is 2. The normalized spacial score (nSPS) is 10.6. The van der Waals surface area contributed by atoms with Gasteiger partial charge in [-0.25, -0.2) is 0 Å². The summed E-state index contributed by atoms with van der Waals surface area (Å²) in [6.07, 6.45) is 0. The predicted octanol–water partition coefficient (Wildman–Crippen LogP) is 9.22. The molecule has 2 nitrogen and oxygen atoms in total. The Morgan fingerprint density at radius 2 is 1.00 bits per heavy atom. The number of rotatable bonds is 6. The Labute approximate surface area is 201 Å². The lowest BCUT2D eigenvalue weighted by Gasteiger charge is -2.20. The number of benzene rings is 5. The van der Waals surface area contributed by atoms with Crippen molar-refractivity contribution in [3.63, 3.8) is 0 Å². The first-order valence-corrected chi connectivity index (χ1v) is 11.4. The molecule has 2 heteroatoms. The highest BCUT2D eigenvalue weighted by molar-refractivity contribution is 5.87. The van der Waals surface area contributed by atoms with E-state index >= 15 is 0 Å². The molecule has 0 N–H and O–H groups in total. The fourth-order valence-corrected chi connectivity index (χ4v) is 3.93. The van der Waals surface area contributed by atoms with E-state index in [9.17, 15) is 0 Å². The van der Waals surface area contributed by atoms with Crippen molar-refractivity contribution in [1.82, 2.24) is 0 Å². The Hall–Kier alpha value is -4.30. The van der Waals surface area contributed by atoms with Crippen LogP contribution in [-0.2, 0) is 0 Å². The lowest BCUT2D eigenvalue weighted by molar-refractivity contribution is 0.464. The van der Waals surface area contributed by atoms with Crippen LogP contribution in [0.3, 0.4) is 0 Å². The van der Waals surface area contributed by atoms with E-state index in [4.69, 9.17) is 9.47 Å². The second-order valence-corrected chi connectivity index (χ2v) is 8.38. The topological polar surface area (TPSA) is 18.5 Å². The van der Waals surface area contributed by atoms with E-state index in [1.54, 1.807) is 0 Å². The van der Waals surface area contributed by atoms with Gasteiger partial charge in [-0.1, -0.05) is 96.1 Å². The van der Waals surface area contributed by atoms with Crippen LogP contribution in [0.2, 0.25) is 0 Å². The molecule has 0 amide bonds. The summed E-state index contributed by atoms with van der Waals surface area (Å²) in [7, 11) is 0. The van der Waals surface area contributed by atoms with Crippen LogP contribution in [0.4, 0.5) is 0 Å². The van der Waals surface area contributed by atoms with E-state index in [1.165, 1.54) is 11.1 Å². The molecule has 34 heavy (non-hydrogen) atoms. The van der Waals surface area contributed by atoms with Crippen molar-refractivity contribution in [2.45, 2.75) is 13.8 Å². The quantitative estimate of drug-likeness (QED) is 0.261. The van der Waals surface area contributed by atoms with Gasteiger partial charge in [-0.05, 0) is 61.4 Å². The molecule has 0 aromatic heterocycles. The highest BCUT2D eigenvalue weighted by Crippen LogP contribution is 2.47. The minimum atomic E-state index is 0.748. The molecule has 0 unspecified atom stereocenters. The lowest BCUT2D eigenvalue weighted by atomic mass is 9.95. The number of para-hydroxylation sites is 1. The second kappa shape index (κ2) is 9.68. The standard InChI is InChI=1S/C32H26O2/c1-23-13-17-26(18-14-23)31-30(33-28-19-15-24(2)16-20-28)22-21-29(25-9-5-3-6-10-25)32(31)34-27-11-7-4-8-12-27/h3-22H,1-2H3. The summed E-state index contributed by atoms with van der Waals surface area (Å²) in [5.41, 5.74) is 6.45. The third-order valence-electron chi connectivity index (χ3n) is 5.76. The minimum Gasteiger partial charge on any atom is -0.457 e. The summed E-state index contributed by atoms with van der Waals surface area (Å²) in [5.74, 6) is 3.08. The van der Waals surface area contributed by atoms with Crippen LogP contribution in [0.5, 0.6) is 23.0 Å². The molecule has 5 aromatic rings. The Morgan fingerprint density at radius 3 is 1.65 bits per heavy atom. The SMILES string of the molecule is Cc1ccc(Oc2ccc(-c3ccccc3)c(Oc3ccccc3)c2-c2ccc(C)cc2)cc1. The van der Waals surface area contributed by atoms with Crippen LogP contribution in [0.1, 0.15) is 11.1 Å². The number of ether oxygens (including phenoxy) is 2. The molecule has 0 aliphatic rings. The van der Waals surface area contributed by atoms with Crippen LogP contribution >= 0.6 is 0 Å². The van der Waals surface area contributed by atoms with Gasteiger partial charge in [0.2, 0.25) is 0 Å². The van der Waals surface area contributed by atoms with E-state index in [2.05, 4.69) is 68.4 Å². The van der Waals surface area contributed by atoms with Gasteiger partial charge >= 0.3 is 0 Å². The molecule has 5 rings (SSSR count). The first-order chi connectivity index (χ1) is 16.7. The molecule has 0 spiro atoms. The average molecular weight is 443 g/mol. The maximum atomic E-state index is 6.60. The fraction of sp³-hybridized carbons (Fsp3) is 0.0625. The van der Waals surface area contributed by atoms with Crippen LogP contribution in [0, 0.1) is 13.8 Å². The molecular formula is C32H26O2. The van der Waals surface area contributed by atoms with Gasteiger partial charge in [0, 0.05) is 5.56 Å². The highest BCUT2D eigenvalue weighted by atomic mass is 16.5. The average Bonchev–Trinajstić information content (AvgIpc) is 2.87. The summed E-state index contributed by atoms with van der Waals surface area (Å²) in [6.45, 7) is 4.16. The monoisotopic (exact) mass is 442 g/mol. The van der Waals surface area contributed by atoms with E-state index < -0.39 is 0 Å². The zero-order valence-corrected chi connectivity index (χ0v) is 19.4. The van der Waals surface area contributed by atoms with E-state index in [0.29, 0.717) is 0 Å². The fourth-order valence-electron chi connectivity index (χ4n) is 3.93. The first kappa shape index (κ1) is 21.5. The molecule has 0 aliphatic carbocycles. The lowest BCUT2D eigenvalue weighted by Crippen LogP contribution is -1.96. The Kier molecular flexibility index (Phi) is 6.13. The summed E-state index contributed by atoms with van der Waals surface area (Å²) in [6, 6.07) is 40.9. The van der Waals surface area contributed by atoms with Crippen molar-refractivity contribution in [2.24, 2.45) is 0 Å². The number of hydrogen-bond acceptors (Lipinski definition) is 2. The molecular weight excluding hydrogens is 416 g/mol. The Bertz CT molecular complexity index is 1370. The van der Waals surface area contributed by atoms with E-state index in [-0.39, 0.29) is 0 Å². The van der Waals surface area contributed by atoms with Gasteiger partial charge in [-0.3, -0.25) is 0 Å². The molecule has 0 bridgehead atoms. The predicted molar refractivity (Wildman–Crippen MR) is 140 cm³/mol. The second-order valence-electron chi connectivity index (χ2n) is 8.38. The highest BCUT2D eigenvalue weighted by Gasteiger charge is 2.20. The van der Waals surface area contributed by atoms with Crippen LogP contribution in [0.15, 0.2) is 121 Å². The molecule has 0 fully saturated rings. The van der Waals surface area contributed by atoms with Gasteiger partial charge in [0.25, 0.3) is 0 Å². The third kappa shape index (κ3) is 4.72. The van der Waals surface area contributed by atoms with Gasteiger partial charge in [-0.15, -0.1) is 0 Å². The minimum absolute atomic E-state index is 0.748. The molecule has 166 valence electrons. The van der Waals surface area contributed by atoms with Crippen LogP contribution < -0.4 is 9.47 Å². The van der Waals surface area contributed by atoms with E-state index in [0.717, 1.165) is 45.3 Å². The van der Waals surface area contributed by atoms with Crippen molar-refractivity contribution in [1.29, 1.82) is 0 Å². The molecule has 0 saturated carbocycles. The zero-order chi connectivity index (χ0) is 23.3.